The van der Waals surface area contributed by atoms with Gasteiger partial charge in [-0.25, -0.2) is 0 Å². The molecular formula is C24H24N2O4. The Bertz CT molecular complexity index is 955. The lowest BCUT2D eigenvalue weighted by Gasteiger charge is -2.10. The predicted molar refractivity (Wildman–Crippen MR) is 116 cm³/mol. The van der Waals surface area contributed by atoms with Crippen LogP contribution in [0.5, 0.6) is 11.5 Å². The average Bonchev–Trinajstić information content (AvgIpc) is 2.78. The van der Waals surface area contributed by atoms with Gasteiger partial charge in [0.25, 0.3) is 11.8 Å². The van der Waals surface area contributed by atoms with Crippen molar-refractivity contribution >= 4 is 17.5 Å². The minimum Gasteiger partial charge on any atom is -0.489 e. The summed E-state index contributed by atoms with van der Waals surface area (Å²) in [6, 6.07) is 23.7. The van der Waals surface area contributed by atoms with Gasteiger partial charge < -0.3 is 20.1 Å². The summed E-state index contributed by atoms with van der Waals surface area (Å²) in [4.78, 5) is 23.8. The number of benzene rings is 3. The van der Waals surface area contributed by atoms with Gasteiger partial charge in [-0.3, -0.25) is 9.59 Å². The molecule has 0 spiro atoms. The first-order valence-corrected chi connectivity index (χ1v) is 9.72. The van der Waals surface area contributed by atoms with E-state index in [0.29, 0.717) is 30.2 Å². The van der Waals surface area contributed by atoms with Gasteiger partial charge >= 0.3 is 0 Å². The van der Waals surface area contributed by atoms with Gasteiger partial charge in [0.15, 0.2) is 6.61 Å². The van der Waals surface area contributed by atoms with Crippen LogP contribution in [-0.4, -0.2) is 25.0 Å². The van der Waals surface area contributed by atoms with E-state index in [2.05, 4.69) is 10.6 Å². The van der Waals surface area contributed by atoms with Crippen LogP contribution in [-0.2, 0) is 11.4 Å². The van der Waals surface area contributed by atoms with Crippen LogP contribution in [0, 0.1) is 0 Å². The number of anilines is 1. The Morgan fingerprint density at radius 1 is 0.800 bits per heavy atom. The van der Waals surface area contributed by atoms with Crippen molar-refractivity contribution in [1.82, 2.24) is 5.32 Å². The van der Waals surface area contributed by atoms with Gasteiger partial charge in [0, 0.05) is 17.8 Å². The molecule has 0 heterocycles. The van der Waals surface area contributed by atoms with Crippen LogP contribution in [0.15, 0.2) is 78.9 Å². The number of hydrogen-bond donors (Lipinski definition) is 2. The summed E-state index contributed by atoms with van der Waals surface area (Å²) >= 11 is 0. The van der Waals surface area contributed by atoms with E-state index >= 15 is 0 Å². The molecular weight excluding hydrogens is 380 g/mol. The Morgan fingerprint density at radius 3 is 2.07 bits per heavy atom. The standard InChI is InChI=1S/C24H24N2O4/c1-2-25-24(28)19-8-10-20(11-9-19)26-23(27)17-30-22-14-12-21(13-15-22)29-16-18-6-4-3-5-7-18/h3-15H,2,16-17H2,1H3,(H,25,28)(H,26,27). The van der Waals surface area contributed by atoms with E-state index in [1.54, 1.807) is 48.5 Å². The molecule has 3 rings (SSSR count). The number of rotatable bonds is 9. The fraction of sp³-hybridized carbons (Fsp3) is 0.167. The molecule has 0 saturated heterocycles. The maximum absolute atomic E-state index is 12.1. The number of nitrogens with one attached hydrogen (secondary N) is 2. The van der Waals surface area contributed by atoms with Crippen LogP contribution in [0.25, 0.3) is 0 Å². The third kappa shape index (κ3) is 6.38. The maximum atomic E-state index is 12.1. The van der Waals surface area contributed by atoms with Crippen molar-refractivity contribution < 1.29 is 19.1 Å². The number of carbonyl (C=O) groups excluding carboxylic acids is 2. The average molecular weight is 404 g/mol. The second-order valence-electron chi connectivity index (χ2n) is 6.52. The fourth-order valence-electron chi connectivity index (χ4n) is 2.69. The number of ether oxygens (including phenoxy) is 2. The Kier molecular flexibility index (Phi) is 7.44. The number of carbonyl (C=O) groups is 2. The highest BCUT2D eigenvalue weighted by atomic mass is 16.5. The smallest absolute Gasteiger partial charge is 0.262 e. The molecule has 2 N–H and O–H groups in total. The zero-order valence-corrected chi connectivity index (χ0v) is 16.8. The molecule has 0 saturated carbocycles. The summed E-state index contributed by atoms with van der Waals surface area (Å²) in [6.45, 7) is 2.79. The van der Waals surface area contributed by atoms with Crippen LogP contribution < -0.4 is 20.1 Å². The molecule has 2 amide bonds. The first-order chi connectivity index (χ1) is 14.6. The topological polar surface area (TPSA) is 76.7 Å². The van der Waals surface area contributed by atoms with E-state index in [1.807, 2.05) is 37.3 Å². The summed E-state index contributed by atoms with van der Waals surface area (Å²) in [6.07, 6.45) is 0. The van der Waals surface area contributed by atoms with Gasteiger partial charge in [0.1, 0.15) is 18.1 Å². The van der Waals surface area contributed by atoms with Crippen LogP contribution >= 0.6 is 0 Å². The lowest BCUT2D eigenvalue weighted by Crippen LogP contribution is -2.23. The first-order valence-electron chi connectivity index (χ1n) is 9.72. The second kappa shape index (κ2) is 10.7. The molecule has 0 unspecified atom stereocenters. The van der Waals surface area contributed by atoms with E-state index in [-0.39, 0.29) is 18.4 Å². The third-order valence-corrected chi connectivity index (χ3v) is 4.21. The summed E-state index contributed by atoms with van der Waals surface area (Å²) in [5.41, 5.74) is 2.23. The lowest BCUT2D eigenvalue weighted by atomic mass is 10.2. The molecule has 6 nitrogen and oxygen atoms in total. The van der Waals surface area contributed by atoms with Crippen molar-refractivity contribution in [2.75, 3.05) is 18.5 Å². The van der Waals surface area contributed by atoms with E-state index in [1.165, 1.54) is 0 Å². The fourth-order valence-corrected chi connectivity index (χ4v) is 2.69. The number of hydrogen-bond acceptors (Lipinski definition) is 4. The SMILES string of the molecule is CCNC(=O)c1ccc(NC(=O)COc2ccc(OCc3ccccc3)cc2)cc1. The molecule has 3 aromatic rings. The molecule has 0 aliphatic carbocycles. The van der Waals surface area contributed by atoms with Crippen molar-refractivity contribution in [3.63, 3.8) is 0 Å². The highest BCUT2D eigenvalue weighted by Crippen LogP contribution is 2.19. The van der Waals surface area contributed by atoms with Gasteiger partial charge in [-0.15, -0.1) is 0 Å². The molecule has 154 valence electrons. The molecule has 0 aromatic heterocycles. The molecule has 0 fully saturated rings. The highest BCUT2D eigenvalue weighted by Gasteiger charge is 2.07. The number of amides is 2. The molecule has 0 radical (unpaired) electrons. The van der Waals surface area contributed by atoms with E-state index < -0.39 is 0 Å². The zero-order chi connectivity index (χ0) is 21.2. The summed E-state index contributed by atoms with van der Waals surface area (Å²) in [5.74, 6) is 0.867. The van der Waals surface area contributed by atoms with Gasteiger partial charge in [0.05, 0.1) is 0 Å². The Balaban J connectivity index is 1.43. The quantitative estimate of drug-likeness (QED) is 0.565. The molecule has 0 bridgehead atoms. The van der Waals surface area contributed by atoms with Crippen molar-refractivity contribution in [2.24, 2.45) is 0 Å². The summed E-state index contributed by atoms with van der Waals surface area (Å²) < 4.78 is 11.2. The van der Waals surface area contributed by atoms with Crippen molar-refractivity contribution in [3.05, 3.63) is 90.0 Å². The third-order valence-electron chi connectivity index (χ3n) is 4.21. The summed E-state index contributed by atoms with van der Waals surface area (Å²) in [5, 5.41) is 5.47. The Morgan fingerprint density at radius 2 is 1.43 bits per heavy atom. The molecule has 0 aliphatic heterocycles. The minimum atomic E-state index is -0.287. The normalized spacial score (nSPS) is 10.2. The predicted octanol–water partition coefficient (Wildman–Crippen LogP) is 4.03. The summed E-state index contributed by atoms with van der Waals surface area (Å²) in [7, 11) is 0. The van der Waals surface area contributed by atoms with Gasteiger partial charge in [-0.05, 0) is 61.0 Å². The molecule has 3 aromatic carbocycles. The highest BCUT2D eigenvalue weighted by molar-refractivity contribution is 5.96. The second-order valence-corrected chi connectivity index (χ2v) is 6.52. The molecule has 30 heavy (non-hydrogen) atoms. The lowest BCUT2D eigenvalue weighted by molar-refractivity contribution is -0.118. The molecule has 6 heteroatoms. The maximum Gasteiger partial charge on any atom is 0.262 e. The van der Waals surface area contributed by atoms with Gasteiger partial charge in [-0.2, -0.15) is 0 Å². The minimum absolute atomic E-state index is 0.123. The van der Waals surface area contributed by atoms with Crippen LogP contribution in [0.1, 0.15) is 22.8 Å². The van der Waals surface area contributed by atoms with Gasteiger partial charge in [-0.1, -0.05) is 30.3 Å². The van der Waals surface area contributed by atoms with Crippen molar-refractivity contribution in [1.29, 1.82) is 0 Å². The molecule has 0 atom stereocenters. The Labute approximate surface area is 175 Å². The van der Waals surface area contributed by atoms with Crippen molar-refractivity contribution in [3.8, 4) is 11.5 Å². The van der Waals surface area contributed by atoms with E-state index in [9.17, 15) is 9.59 Å². The van der Waals surface area contributed by atoms with E-state index in [0.717, 1.165) is 11.3 Å². The van der Waals surface area contributed by atoms with Crippen molar-refractivity contribution in [2.45, 2.75) is 13.5 Å². The molecule has 0 aliphatic rings. The monoisotopic (exact) mass is 404 g/mol. The zero-order valence-electron chi connectivity index (χ0n) is 16.8. The first kappa shape index (κ1) is 20.9. The van der Waals surface area contributed by atoms with Crippen LogP contribution in [0.3, 0.4) is 0 Å². The van der Waals surface area contributed by atoms with Gasteiger partial charge in [0.2, 0.25) is 0 Å². The van der Waals surface area contributed by atoms with E-state index in [4.69, 9.17) is 9.47 Å². The van der Waals surface area contributed by atoms with Crippen LogP contribution in [0.2, 0.25) is 0 Å². The van der Waals surface area contributed by atoms with Crippen LogP contribution in [0.4, 0.5) is 5.69 Å². The Hall–Kier alpha value is -3.80. The largest absolute Gasteiger partial charge is 0.489 e.